The Morgan fingerprint density at radius 3 is 3.06 bits per heavy atom. The summed E-state index contributed by atoms with van der Waals surface area (Å²) in [5.74, 6) is 0.664. The van der Waals surface area contributed by atoms with E-state index in [4.69, 9.17) is 9.68 Å². The summed E-state index contributed by atoms with van der Waals surface area (Å²) < 4.78 is 6.73. The number of fused-ring (bicyclic) bond motifs is 1. The van der Waals surface area contributed by atoms with Crippen molar-refractivity contribution in [1.29, 1.82) is 5.26 Å². The molecular formula is C11H6IrN5O-. The quantitative estimate of drug-likeness (QED) is 0.559. The number of nitriles is 1. The van der Waals surface area contributed by atoms with Gasteiger partial charge >= 0.3 is 0 Å². The van der Waals surface area contributed by atoms with Crippen molar-refractivity contribution < 1.29 is 24.5 Å². The fraction of sp³-hybridized carbons (Fsp3) is 0.0909. The van der Waals surface area contributed by atoms with Crippen LogP contribution in [0.3, 0.4) is 0 Å². The molecule has 7 heteroatoms. The van der Waals surface area contributed by atoms with Crippen molar-refractivity contribution in [2.24, 2.45) is 7.05 Å². The van der Waals surface area contributed by atoms with Crippen molar-refractivity contribution in [2.45, 2.75) is 0 Å². The molecular weight excluding hydrogens is 410 g/mol. The Hall–Kier alpha value is -2.03. The largest absolute Gasteiger partial charge is 0.464 e. The number of nitrogens with zero attached hydrogens (tertiary/aromatic N) is 5. The van der Waals surface area contributed by atoms with Crippen LogP contribution in [0.4, 0.5) is 0 Å². The van der Waals surface area contributed by atoms with Gasteiger partial charge in [0.2, 0.25) is 5.82 Å². The van der Waals surface area contributed by atoms with E-state index in [0.29, 0.717) is 22.5 Å². The first-order valence-corrected chi connectivity index (χ1v) is 4.85. The molecule has 18 heavy (non-hydrogen) atoms. The second kappa shape index (κ2) is 4.69. The first-order valence-electron chi connectivity index (χ1n) is 4.85. The summed E-state index contributed by atoms with van der Waals surface area (Å²) in [7, 11) is 1.72. The fourth-order valence-electron chi connectivity index (χ4n) is 1.65. The second-order valence-electron chi connectivity index (χ2n) is 3.41. The Bertz CT molecular complexity index is 739. The number of benzene rings is 1. The van der Waals surface area contributed by atoms with E-state index in [1.807, 2.05) is 6.07 Å². The molecule has 0 aliphatic carbocycles. The summed E-state index contributed by atoms with van der Waals surface area (Å²) >= 11 is 0. The zero-order valence-electron chi connectivity index (χ0n) is 9.21. The molecule has 91 valence electrons. The topological polar surface area (TPSA) is 80.5 Å². The molecule has 0 aliphatic rings. The van der Waals surface area contributed by atoms with Crippen molar-refractivity contribution in [3.05, 3.63) is 30.4 Å². The minimum absolute atomic E-state index is 0. The van der Waals surface area contributed by atoms with Gasteiger partial charge < -0.3 is 4.42 Å². The van der Waals surface area contributed by atoms with E-state index in [0.717, 1.165) is 0 Å². The maximum atomic E-state index is 8.76. The SMILES string of the molecule is Cn1nc(C#N)nc1-c1[c-]ccc2ocnc12.[Ir]. The van der Waals surface area contributed by atoms with Gasteiger partial charge in [0.25, 0.3) is 0 Å². The third-order valence-corrected chi connectivity index (χ3v) is 2.38. The molecule has 0 unspecified atom stereocenters. The number of aromatic nitrogens is 4. The van der Waals surface area contributed by atoms with Gasteiger partial charge in [-0.15, -0.1) is 17.2 Å². The van der Waals surface area contributed by atoms with Crippen molar-refractivity contribution in [3.63, 3.8) is 0 Å². The third-order valence-electron chi connectivity index (χ3n) is 2.38. The average molecular weight is 416 g/mol. The van der Waals surface area contributed by atoms with Crippen molar-refractivity contribution in [2.75, 3.05) is 0 Å². The molecule has 0 N–H and O–H groups in total. The van der Waals surface area contributed by atoms with Crippen LogP contribution in [0.15, 0.2) is 22.9 Å². The number of rotatable bonds is 1. The molecule has 1 aromatic carbocycles. The van der Waals surface area contributed by atoms with Crippen LogP contribution < -0.4 is 0 Å². The van der Waals surface area contributed by atoms with Crippen LogP contribution in [0, 0.1) is 17.4 Å². The van der Waals surface area contributed by atoms with Gasteiger partial charge in [0.15, 0.2) is 6.39 Å². The molecule has 0 spiro atoms. The average Bonchev–Trinajstić information content (AvgIpc) is 2.94. The van der Waals surface area contributed by atoms with Crippen molar-refractivity contribution in [1.82, 2.24) is 19.7 Å². The summed E-state index contributed by atoms with van der Waals surface area (Å²) in [4.78, 5) is 8.22. The van der Waals surface area contributed by atoms with Gasteiger partial charge in [0.1, 0.15) is 6.07 Å². The Morgan fingerprint density at radius 1 is 1.50 bits per heavy atom. The van der Waals surface area contributed by atoms with Crippen LogP contribution >= 0.6 is 0 Å². The van der Waals surface area contributed by atoms with Crippen LogP contribution in [-0.4, -0.2) is 19.7 Å². The van der Waals surface area contributed by atoms with Gasteiger partial charge in [-0.25, -0.2) is 4.98 Å². The van der Waals surface area contributed by atoms with E-state index in [9.17, 15) is 0 Å². The number of hydrogen-bond donors (Lipinski definition) is 0. The Balaban J connectivity index is 0.00000120. The van der Waals surface area contributed by atoms with Gasteiger partial charge in [-0.05, 0) is 0 Å². The molecule has 6 nitrogen and oxygen atoms in total. The maximum absolute atomic E-state index is 8.76. The van der Waals surface area contributed by atoms with E-state index in [1.54, 1.807) is 19.2 Å². The predicted octanol–water partition coefficient (Wildman–Crippen LogP) is 1.29. The van der Waals surface area contributed by atoms with Gasteiger partial charge in [-0.3, -0.25) is 9.67 Å². The van der Waals surface area contributed by atoms with E-state index >= 15 is 0 Å². The Kier molecular flexibility index (Phi) is 3.23. The molecule has 0 fully saturated rings. The van der Waals surface area contributed by atoms with E-state index < -0.39 is 0 Å². The summed E-state index contributed by atoms with van der Waals surface area (Å²) in [6, 6.07) is 8.43. The molecule has 0 saturated carbocycles. The summed E-state index contributed by atoms with van der Waals surface area (Å²) in [5.41, 5.74) is 1.99. The van der Waals surface area contributed by atoms with Crippen LogP contribution in [0.5, 0.6) is 0 Å². The molecule has 2 aromatic heterocycles. The van der Waals surface area contributed by atoms with E-state index in [-0.39, 0.29) is 25.9 Å². The first kappa shape index (κ1) is 12.4. The van der Waals surface area contributed by atoms with Crippen LogP contribution in [0.1, 0.15) is 5.82 Å². The van der Waals surface area contributed by atoms with Gasteiger partial charge in [0, 0.05) is 32.7 Å². The maximum Gasteiger partial charge on any atom is 0.242 e. The minimum Gasteiger partial charge on any atom is -0.464 e. The molecule has 0 saturated heterocycles. The van der Waals surface area contributed by atoms with Crippen molar-refractivity contribution >= 4 is 11.1 Å². The molecule has 0 atom stereocenters. The Morgan fingerprint density at radius 2 is 2.33 bits per heavy atom. The smallest absolute Gasteiger partial charge is 0.242 e. The van der Waals surface area contributed by atoms with E-state index in [1.165, 1.54) is 11.1 Å². The molecule has 3 aromatic rings. The van der Waals surface area contributed by atoms with Gasteiger partial charge in [-0.2, -0.15) is 5.26 Å². The van der Waals surface area contributed by atoms with Crippen LogP contribution in [-0.2, 0) is 27.2 Å². The molecule has 1 radical (unpaired) electrons. The summed E-state index contributed by atoms with van der Waals surface area (Å²) in [6.45, 7) is 0. The number of aryl methyl sites for hydroxylation is 1. The fourth-order valence-corrected chi connectivity index (χ4v) is 1.65. The molecule has 0 aliphatic heterocycles. The third kappa shape index (κ3) is 1.82. The Labute approximate surface area is 116 Å². The predicted molar refractivity (Wildman–Crippen MR) is 57.6 cm³/mol. The zero-order valence-corrected chi connectivity index (χ0v) is 11.6. The summed E-state index contributed by atoms with van der Waals surface area (Å²) in [5, 5.41) is 12.7. The first-order chi connectivity index (χ1) is 8.29. The standard InChI is InChI=1S/C11H6N5O.Ir/c1-16-11(14-9(5-12)15-16)7-3-2-4-8-10(7)13-6-17-8;/h2,4,6H,1H3;/q-1;. The zero-order chi connectivity index (χ0) is 11.8. The summed E-state index contributed by atoms with van der Waals surface area (Å²) in [6.07, 6.45) is 1.36. The minimum atomic E-state index is 0. The molecule has 3 rings (SSSR count). The van der Waals surface area contributed by atoms with Gasteiger partial charge in [-0.1, -0.05) is 11.6 Å². The van der Waals surface area contributed by atoms with Crippen molar-refractivity contribution in [3.8, 4) is 17.5 Å². The van der Waals surface area contributed by atoms with Crippen LogP contribution in [0.2, 0.25) is 0 Å². The molecule has 2 heterocycles. The number of oxazole rings is 1. The van der Waals surface area contributed by atoms with Crippen LogP contribution in [0.25, 0.3) is 22.5 Å². The molecule has 0 bridgehead atoms. The normalized spacial score (nSPS) is 10.0. The molecule has 0 amide bonds. The monoisotopic (exact) mass is 417 g/mol. The van der Waals surface area contributed by atoms with Gasteiger partial charge in [0.05, 0.1) is 11.4 Å². The number of hydrogen-bond acceptors (Lipinski definition) is 5. The van der Waals surface area contributed by atoms with E-state index in [2.05, 4.69) is 21.1 Å². The second-order valence-corrected chi connectivity index (χ2v) is 3.41.